The van der Waals surface area contributed by atoms with Gasteiger partial charge in [0.1, 0.15) is 0 Å². The Hall–Kier alpha value is -0.610. The average molecular weight is 190 g/mol. The first-order chi connectivity index (χ1) is 5.38. The Morgan fingerprint density at radius 1 is 1.33 bits per heavy atom. The lowest BCUT2D eigenvalue weighted by Gasteiger charge is -1.94. The topological polar surface area (TPSA) is 54.4 Å². The Kier molecular flexibility index (Phi) is 4.20. The maximum absolute atomic E-state index is 10.5. The molecule has 0 spiro atoms. The zero-order chi connectivity index (χ0) is 9.78. The van der Waals surface area contributed by atoms with Crippen LogP contribution in [0.1, 0.15) is 27.2 Å². The first kappa shape index (κ1) is 11.4. The Bertz CT molecular complexity index is 296. The van der Waals surface area contributed by atoms with Crippen LogP contribution in [0.15, 0.2) is 22.6 Å². The van der Waals surface area contributed by atoms with Crippen molar-refractivity contribution in [3.8, 4) is 0 Å². The molecule has 0 rings (SSSR count). The number of rotatable bonds is 3. The summed E-state index contributed by atoms with van der Waals surface area (Å²) in [6, 6.07) is 0. The molecule has 0 aliphatic heterocycles. The molecule has 0 fully saturated rings. The second kappa shape index (κ2) is 4.42. The molecule has 0 aromatic carbocycles. The fourth-order valence-corrected chi connectivity index (χ4v) is 0.703. The highest BCUT2D eigenvalue weighted by molar-refractivity contribution is 7.89. The van der Waals surface area contributed by atoms with Crippen LogP contribution in [0.5, 0.6) is 0 Å². The molecule has 0 unspecified atom stereocenters. The van der Waals surface area contributed by atoms with E-state index in [-0.39, 0.29) is 4.91 Å². The lowest BCUT2D eigenvalue weighted by molar-refractivity contribution is 0.491. The van der Waals surface area contributed by atoms with E-state index in [2.05, 4.69) is 0 Å². The van der Waals surface area contributed by atoms with Crippen molar-refractivity contribution in [2.24, 2.45) is 0 Å². The summed E-state index contributed by atoms with van der Waals surface area (Å²) in [6.45, 7) is 5.23. The van der Waals surface area contributed by atoms with E-state index < -0.39 is 10.1 Å². The maximum atomic E-state index is 10.5. The Labute approximate surface area is 73.5 Å². The summed E-state index contributed by atoms with van der Waals surface area (Å²) < 4.78 is 29.5. The lowest BCUT2D eigenvalue weighted by Crippen LogP contribution is -1.97. The second-order valence-electron chi connectivity index (χ2n) is 2.62. The van der Waals surface area contributed by atoms with E-state index in [1.807, 2.05) is 13.8 Å². The van der Waals surface area contributed by atoms with Crippen molar-refractivity contribution in [3.05, 3.63) is 22.6 Å². The van der Waals surface area contributed by atoms with Crippen molar-refractivity contribution < 1.29 is 13.0 Å². The minimum Gasteiger partial charge on any atom is -0.282 e. The van der Waals surface area contributed by atoms with Gasteiger partial charge in [0.15, 0.2) is 0 Å². The quantitative estimate of drug-likeness (QED) is 0.548. The van der Waals surface area contributed by atoms with Crippen LogP contribution < -0.4 is 0 Å². The first-order valence-corrected chi connectivity index (χ1v) is 5.13. The molecule has 0 saturated heterocycles. The molecule has 0 aliphatic carbocycles. The number of hydrogen-bond acceptors (Lipinski definition) is 2. The maximum Gasteiger partial charge on any atom is 0.290 e. The van der Waals surface area contributed by atoms with Gasteiger partial charge in [0, 0.05) is 0 Å². The molecule has 0 saturated carbocycles. The smallest absolute Gasteiger partial charge is 0.282 e. The average Bonchev–Trinajstić information content (AvgIpc) is 1.97. The number of hydrogen-bond donors (Lipinski definition) is 1. The van der Waals surface area contributed by atoms with Gasteiger partial charge in [0.05, 0.1) is 4.91 Å². The molecular formula is C8H14O3S. The van der Waals surface area contributed by atoms with Crippen molar-refractivity contribution >= 4 is 10.1 Å². The van der Waals surface area contributed by atoms with Gasteiger partial charge in [-0.05, 0) is 26.3 Å². The van der Waals surface area contributed by atoms with Crippen molar-refractivity contribution in [1.29, 1.82) is 0 Å². The molecule has 70 valence electrons. The fraction of sp³-hybridized carbons (Fsp3) is 0.500. The summed E-state index contributed by atoms with van der Waals surface area (Å²) in [7, 11) is -3.99. The van der Waals surface area contributed by atoms with Crippen LogP contribution in [0, 0.1) is 0 Å². The fourth-order valence-electron chi connectivity index (χ4n) is 0.463. The summed E-state index contributed by atoms with van der Waals surface area (Å²) in [6.07, 6.45) is 3.95. The Morgan fingerprint density at radius 2 is 1.83 bits per heavy atom. The van der Waals surface area contributed by atoms with E-state index in [0.717, 1.165) is 12.0 Å². The summed E-state index contributed by atoms with van der Waals surface area (Å²) >= 11 is 0. The zero-order valence-corrected chi connectivity index (χ0v) is 8.35. The van der Waals surface area contributed by atoms with Gasteiger partial charge in [-0.1, -0.05) is 18.6 Å². The van der Waals surface area contributed by atoms with E-state index in [4.69, 9.17) is 4.55 Å². The highest BCUT2D eigenvalue weighted by Gasteiger charge is 2.04. The van der Waals surface area contributed by atoms with E-state index in [1.165, 1.54) is 13.0 Å². The van der Waals surface area contributed by atoms with Gasteiger partial charge in [-0.2, -0.15) is 8.42 Å². The molecule has 0 atom stereocenters. The summed E-state index contributed by atoms with van der Waals surface area (Å²) in [4.78, 5) is -0.0321. The number of allylic oxidation sites excluding steroid dienone is 4. The third-order valence-electron chi connectivity index (χ3n) is 1.57. The van der Waals surface area contributed by atoms with Crippen molar-refractivity contribution in [1.82, 2.24) is 0 Å². The van der Waals surface area contributed by atoms with Gasteiger partial charge in [-0.15, -0.1) is 0 Å². The highest BCUT2D eigenvalue weighted by atomic mass is 32.2. The molecule has 3 nitrogen and oxygen atoms in total. The van der Waals surface area contributed by atoms with Gasteiger partial charge < -0.3 is 0 Å². The molecule has 0 radical (unpaired) electrons. The molecule has 1 N–H and O–H groups in total. The summed E-state index contributed by atoms with van der Waals surface area (Å²) in [5, 5.41) is 0. The predicted molar refractivity (Wildman–Crippen MR) is 49.4 cm³/mol. The molecule has 12 heavy (non-hydrogen) atoms. The van der Waals surface area contributed by atoms with Crippen LogP contribution in [0.3, 0.4) is 0 Å². The Balaban J connectivity index is 4.62. The third kappa shape index (κ3) is 4.31. The SMILES string of the molecule is CC/C(C)=C\C=C(/C)S(=O)(=O)O. The van der Waals surface area contributed by atoms with Crippen molar-refractivity contribution in [2.45, 2.75) is 27.2 Å². The van der Waals surface area contributed by atoms with Crippen LogP contribution >= 0.6 is 0 Å². The van der Waals surface area contributed by atoms with Crippen molar-refractivity contribution in [2.75, 3.05) is 0 Å². The minimum atomic E-state index is -3.99. The molecule has 0 aliphatic rings. The Morgan fingerprint density at radius 3 is 2.17 bits per heavy atom. The van der Waals surface area contributed by atoms with Gasteiger partial charge in [0.25, 0.3) is 10.1 Å². The third-order valence-corrected chi connectivity index (χ3v) is 2.52. The standard InChI is InChI=1S/C8H14O3S/c1-4-7(2)5-6-8(3)12(9,10)11/h5-6H,4H2,1-3H3,(H,9,10,11)/b7-5-,8-6+. The van der Waals surface area contributed by atoms with Crippen LogP contribution in [0.4, 0.5) is 0 Å². The summed E-state index contributed by atoms with van der Waals surface area (Å²) in [5.41, 5.74) is 1.07. The predicted octanol–water partition coefficient (Wildman–Crippen LogP) is 2.13. The van der Waals surface area contributed by atoms with Gasteiger partial charge >= 0.3 is 0 Å². The molecule has 0 aromatic heterocycles. The van der Waals surface area contributed by atoms with Crippen LogP contribution in [0.2, 0.25) is 0 Å². The molecule has 4 heteroatoms. The van der Waals surface area contributed by atoms with E-state index >= 15 is 0 Å². The van der Waals surface area contributed by atoms with E-state index in [1.54, 1.807) is 6.08 Å². The normalized spacial score (nSPS) is 15.0. The largest absolute Gasteiger partial charge is 0.290 e. The molecular weight excluding hydrogens is 176 g/mol. The minimum absolute atomic E-state index is 0.0321. The summed E-state index contributed by atoms with van der Waals surface area (Å²) in [5.74, 6) is 0. The second-order valence-corrected chi connectivity index (χ2v) is 4.21. The molecule has 0 bridgehead atoms. The molecule has 0 heterocycles. The van der Waals surface area contributed by atoms with Crippen molar-refractivity contribution in [3.63, 3.8) is 0 Å². The van der Waals surface area contributed by atoms with E-state index in [9.17, 15) is 8.42 Å². The van der Waals surface area contributed by atoms with Gasteiger partial charge in [-0.25, -0.2) is 0 Å². The van der Waals surface area contributed by atoms with Gasteiger partial charge in [0.2, 0.25) is 0 Å². The van der Waals surface area contributed by atoms with Crippen LogP contribution in [-0.4, -0.2) is 13.0 Å². The zero-order valence-electron chi connectivity index (χ0n) is 7.53. The van der Waals surface area contributed by atoms with Gasteiger partial charge in [-0.3, -0.25) is 4.55 Å². The molecule has 0 aromatic rings. The van der Waals surface area contributed by atoms with Crippen LogP contribution in [-0.2, 0) is 10.1 Å². The molecule has 0 amide bonds. The monoisotopic (exact) mass is 190 g/mol. The first-order valence-electron chi connectivity index (χ1n) is 3.69. The lowest BCUT2D eigenvalue weighted by atomic mass is 10.2. The highest BCUT2D eigenvalue weighted by Crippen LogP contribution is 2.05. The van der Waals surface area contributed by atoms with E-state index in [0.29, 0.717) is 0 Å². The van der Waals surface area contributed by atoms with Crippen LogP contribution in [0.25, 0.3) is 0 Å².